The SMILES string of the molecule is CCC(=O)c1ccc(OC(F)F)c(Cl)c1Cl. The Morgan fingerprint density at radius 1 is 1.38 bits per heavy atom. The Labute approximate surface area is 101 Å². The smallest absolute Gasteiger partial charge is 0.387 e. The van der Waals surface area contributed by atoms with Crippen molar-refractivity contribution < 1.29 is 18.3 Å². The molecule has 0 radical (unpaired) electrons. The van der Waals surface area contributed by atoms with Crippen LogP contribution in [0.25, 0.3) is 0 Å². The zero-order valence-corrected chi connectivity index (χ0v) is 9.78. The molecule has 0 bridgehead atoms. The molecular formula is C10H8Cl2F2O2. The molecule has 0 aromatic heterocycles. The summed E-state index contributed by atoms with van der Waals surface area (Å²) in [6, 6.07) is 2.51. The van der Waals surface area contributed by atoms with Gasteiger partial charge in [0.05, 0.1) is 5.02 Å². The number of hydrogen-bond acceptors (Lipinski definition) is 2. The van der Waals surface area contributed by atoms with E-state index in [4.69, 9.17) is 23.2 Å². The van der Waals surface area contributed by atoms with Crippen LogP contribution in [0.3, 0.4) is 0 Å². The monoisotopic (exact) mass is 268 g/mol. The van der Waals surface area contributed by atoms with Gasteiger partial charge in [-0.05, 0) is 12.1 Å². The average Bonchev–Trinajstić information content (AvgIpc) is 2.23. The van der Waals surface area contributed by atoms with Gasteiger partial charge in [0.2, 0.25) is 0 Å². The van der Waals surface area contributed by atoms with Crippen LogP contribution in [-0.2, 0) is 0 Å². The Balaban J connectivity index is 3.13. The summed E-state index contributed by atoms with van der Waals surface area (Å²) in [6.07, 6.45) is 0.255. The maximum atomic E-state index is 12.0. The van der Waals surface area contributed by atoms with Crippen molar-refractivity contribution >= 4 is 29.0 Å². The zero-order chi connectivity index (χ0) is 12.3. The van der Waals surface area contributed by atoms with E-state index in [2.05, 4.69) is 4.74 Å². The Kier molecular flexibility index (Phi) is 4.50. The minimum atomic E-state index is -2.98. The molecular weight excluding hydrogens is 261 g/mol. The van der Waals surface area contributed by atoms with Crippen LogP contribution >= 0.6 is 23.2 Å². The van der Waals surface area contributed by atoms with Gasteiger partial charge in [-0.1, -0.05) is 30.1 Å². The Morgan fingerprint density at radius 2 is 2.00 bits per heavy atom. The number of carbonyl (C=O) groups excluding carboxylic acids is 1. The van der Waals surface area contributed by atoms with Crippen LogP contribution in [-0.4, -0.2) is 12.4 Å². The van der Waals surface area contributed by atoms with Gasteiger partial charge in [0.15, 0.2) is 5.78 Å². The Bertz CT molecular complexity index is 408. The van der Waals surface area contributed by atoms with Crippen LogP contribution in [0.15, 0.2) is 12.1 Å². The highest BCUT2D eigenvalue weighted by molar-refractivity contribution is 6.44. The molecule has 0 aliphatic rings. The molecule has 0 saturated heterocycles. The lowest BCUT2D eigenvalue weighted by molar-refractivity contribution is -0.0497. The number of benzene rings is 1. The van der Waals surface area contributed by atoms with Gasteiger partial charge in [0.25, 0.3) is 0 Å². The van der Waals surface area contributed by atoms with E-state index in [1.165, 1.54) is 12.1 Å². The van der Waals surface area contributed by atoms with Crippen LogP contribution in [0.5, 0.6) is 5.75 Å². The molecule has 6 heteroatoms. The van der Waals surface area contributed by atoms with E-state index in [9.17, 15) is 13.6 Å². The quantitative estimate of drug-likeness (QED) is 0.766. The highest BCUT2D eigenvalue weighted by Gasteiger charge is 2.17. The first-order valence-corrected chi connectivity index (χ1v) is 5.19. The Morgan fingerprint density at radius 3 is 2.50 bits per heavy atom. The van der Waals surface area contributed by atoms with Crippen LogP contribution in [0, 0.1) is 0 Å². The van der Waals surface area contributed by atoms with Crippen molar-refractivity contribution in [1.82, 2.24) is 0 Å². The van der Waals surface area contributed by atoms with Crippen molar-refractivity contribution in [1.29, 1.82) is 0 Å². The average molecular weight is 269 g/mol. The molecule has 0 unspecified atom stereocenters. The first kappa shape index (κ1) is 13.2. The molecule has 0 amide bonds. The van der Waals surface area contributed by atoms with Crippen molar-refractivity contribution in [2.45, 2.75) is 20.0 Å². The largest absolute Gasteiger partial charge is 0.433 e. The normalized spacial score (nSPS) is 10.6. The highest BCUT2D eigenvalue weighted by Crippen LogP contribution is 2.35. The second-order valence-electron chi connectivity index (χ2n) is 2.89. The fourth-order valence-electron chi connectivity index (χ4n) is 1.12. The van der Waals surface area contributed by atoms with Crippen molar-refractivity contribution in [2.75, 3.05) is 0 Å². The predicted octanol–water partition coefficient (Wildman–Crippen LogP) is 4.19. The number of carbonyl (C=O) groups is 1. The van der Waals surface area contributed by atoms with Crippen molar-refractivity contribution in [2.24, 2.45) is 0 Å². The molecule has 16 heavy (non-hydrogen) atoms. The molecule has 0 atom stereocenters. The number of alkyl halides is 2. The maximum absolute atomic E-state index is 12.0. The fourth-order valence-corrected chi connectivity index (χ4v) is 1.60. The summed E-state index contributed by atoms with van der Waals surface area (Å²) in [4.78, 5) is 11.4. The fraction of sp³-hybridized carbons (Fsp3) is 0.300. The predicted molar refractivity (Wildman–Crippen MR) is 57.7 cm³/mol. The number of rotatable bonds is 4. The van der Waals surface area contributed by atoms with Gasteiger partial charge in [-0.15, -0.1) is 0 Å². The van der Waals surface area contributed by atoms with E-state index in [1.807, 2.05) is 0 Å². The van der Waals surface area contributed by atoms with Crippen LogP contribution < -0.4 is 4.74 Å². The molecule has 88 valence electrons. The minimum absolute atomic E-state index is 0.0633. The molecule has 0 saturated carbocycles. The van der Waals surface area contributed by atoms with Crippen LogP contribution in [0.2, 0.25) is 10.0 Å². The van der Waals surface area contributed by atoms with E-state index in [0.29, 0.717) is 0 Å². The van der Waals surface area contributed by atoms with Gasteiger partial charge in [-0.3, -0.25) is 4.79 Å². The lowest BCUT2D eigenvalue weighted by Gasteiger charge is -2.10. The van der Waals surface area contributed by atoms with Gasteiger partial charge in [0.1, 0.15) is 10.8 Å². The molecule has 0 aliphatic carbocycles. The molecule has 0 heterocycles. The summed E-state index contributed by atoms with van der Waals surface area (Å²) >= 11 is 11.5. The lowest BCUT2D eigenvalue weighted by Crippen LogP contribution is -2.04. The van der Waals surface area contributed by atoms with Gasteiger partial charge >= 0.3 is 6.61 Å². The second kappa shape index (κ2) is 5.46. The zero-order valence-electron chi connectivity index (χ0n) is 8.27. The van der Waals surface area contributed by atoms with Crippen molar-refractivity contribution in [3.63, 3.8) is 0 Å². The molecule has 1 aromatic carbocycles. The third kappa shape index (κ3) is 2.83. The standard InChI is InChI=1S/C10H8Cl2F2O2/c1-2-6(15)5-3-4-7(16-10(13)14)9(12)8(5)11/h3-4,10H,2H2,1H3. The summed E-state index contributed by atoms with van der Waals surface area (Å²) in [5.74, 6) is -0.454. The van der Waals surface area contributed by atoms with Gasteiger partial charge < -0.3 is 4.74 Å². The Hall–Kier alpha value is -0.870. The van der Waals surface area contributed by atoms with Crippen molar-refractivity contribution in [3.8, 4) is 5.75 Å². The topological polar surface area (TPSA) is 26.3 Å². The first-order valence-electron chi connectivity index (χ1n) is 4.43. The number of Topliss-reactive ketones (excluding diaryl/α,β-unsaturated/α-hetero) is 1. The third-order valence-electron chi connectivity index (χ3n) is 1.88. The van der Waals surface area contributed by atoms with Gasteiger partial charge in [0, 0.05) is 12.0 Å². The number of ether oxygens (including phenoxy) is 1. The molecule has 1 aromatic rings. The highest BCUT2D eigenvalue weighted by atomic mass is 35.5. The van der Waals surface area contributed by atoms with E-state index < -0.39 is 6.61 Å². The molecule has 0 aliphatic heterocycles. The summed E-state index contributed by atoms with van der Waals surface area (Å²) in [6.45, 7) is -1.32. The summed E-state index contributed by atoms with van der Waals surface area (Å²) in [5, 5.41) is -0.243. The van der Waals surface area contributed by atoms with Gasteiger partial charge in [-0.25, -0.2) is 0 Å². The minimum Gasteiger partial charge on any atom is -0.433 e. The maximum Gasteiger partial charge on any atom is 0.387 e. The second-order valence-corrected chi connectivity index (χ2v) is 3.65. The molecule has 2 nitrogen and oxygen atoms in total. The molecule has 1 rings (SSSR count). The summed E-state index contributed by atoms with van der Waals surface area (Å²) < 4.78 is 28.1. The van der Waals surface area contributed by atoms with Gasteiger partial charge in [-0.2, -0.15) is 8.78 Å². The van der Waals surface area contributed by atoms with E-state index in [1.54, 1.807) is 6.92 Å². The lowest BCUT2D eigenvalue weighted by atomic mass is 10.1. The molecule has 0 N–H and O–H groups in total. The van der Waals surface area contributed by atoms with E-state index in [-0.39, 0.29) is 33.6 Å². The summed E-state index contributed by atoms with van der Waals surface area (Å²) in [7, 11) is 0. The van der Waals surface area contributed by atoms with Crippen molar-refractivity contribution in [3.05, 3.63) is 27.7 Å². The van der Waals surface area contributed by atoms with E-state index >= 15 is 0 Å². The number of ketones is 1. The van der Waals surface area contributed by atoms with E-state index in [0.717, 1.165) is 0 Å². The first-order chi connectivity index (χ1) is 7.47. The number of halogens is 4. The third-order valence-corrected chi connectivity index (χ3v) is 2.75. The molecule has 0 fully saturated rings. The molecule has 0 spiro atoms. The van der Waals surface area contributed by atoms with Crippen LogP contribution in [0.4, 0.5) is 8.78 Å². The summed E-state index contributed by atoms with van der Waals surface area (Å²) in [5.41, 5.74) is 0.204. The number of hydrogen-bond donors (Lipinski definition) is 0. The van der Waals surface area contributed by atoms with Crippen LogP contribution in [0.1, 0.15) is 23.7 Å².